The molecule has 144 valence electrons. The molecule has 27 heavy (non-hydrogen) atoms. The summed E-state index contributed by atoms with van der Waals surface area (Å²) in [5.41, 5.74) is 0.291. The summed E-state index contributed by atoms with van der Waals surface area (Å²) >= 11 is 3.16. The molecular weight excluding hydrogens is 443 g/mol. The van der Waals surface area contributed by atoms with E-state index >= 15 is 0 Å². The van der Waals surface area contributed by atoms with Crippen LogP contribution >= 0.6 is 15.9 Å². The van der Waals surface area contributed by atoms with Crippen LogP contribution in [0.1, 0.15) is 5.56 Å². The Hall–Kier alpha value is -2.30. The van der Waals surface area contributed by atoms with Crippen molar-refractivity contribution in [3.05, 3.63) is 64.4 Å². The van der Waals surface area contributed by atoms with Crippen LogP contribution in [-0.2, 0) is 30.9 Å². The van der Waals surface area contributed by atoms with Crippen LogP contribution in [0.5, 0.6) is 0 Å². The van der Waals surface area contributed by atoms with Crippen LogP contribution in [0.4, 0.5) is 4.39 Å². The van der Waals surface area contributed by atoms with E-state index in [1.54, 1.807) is 12.1 Å². The van der Waals surface area contributed by atoms with Crippen molar-refractivity contribution in [2.24, 2.45) is 0 Å². The van der Waals surface area contributed by atoms with E-state index in [-0.39, 0.29) is 11.4 Å². The van der Waals surface area contributed by atoms with Crippen molar-refractivity contribution >= 4 is 37.8 Å². The van der Waals surface area contributed by atoms with Gasteiger partial charge in [-0.2, -0.15) is 4.72 Å². The van der Waals surface area contributed by atoms with Crippen LogP contribution in [0.15, 0.2) is 57.9 Å². The number of ether oxygens (including phenoxy) is 1. The van der Waals surface area contributed by atoms with Crippen LogP contribution < -0.4 is 10.0 Å². The summed E-state index contributed by atoms with van der Waals surface area (Å²) in [6.07, 6.45) is 0. The molecule has 2 aromatic rings. The monoisotopic (exact) mass is 458 g/mol. The van der Waals surface area contributed by atoms with Crippen LogP contribution in [0, 0.1) is 5.82 Å². The number of carbonyl (C=O) groups is 2. The number of halogens is 2. The van der Waals surface area contributed by atoms with Crippen molar-refractivity contribution in [3.8, 4) is 0 Å². The van der Waals surface area contributed by atoms with Gasteiger partial charge in [0.05, 0.1) is 4.90 Å². The molecule has 0 heterocycles. The molecular formula is C17H16BrFN2O5S. The average molecular weight is 459 g/mol. The fraction of sp³-hybridized carbons (Fsp3) is 0.176. The topological polar surface area (TPSA) is 102 Å². The van der Waals surface area contributed by atoms with E-state index in [4.69, 9.17) is 4.74 Å². The first-order valence-corrected chi connectivity index (χ1v) is 9.96. The highest BCUT2D eigenvalue weighted by atomic mass is 79.9. The Kier molecular flexibility index (Phi) is 7.45. The Morgan fingerprint density at radius 2 is 1.85 bits per heavy atom. The third-order valence-electron chi connectivity index (χ3n) is 3.31. The lowest BCUT2D eigenvalue weighted by Crippen LogP contribution is -2.33. The van der Waals surface area contributed by atoms with Gasteiger partial charge in [-0.1, -0.05) is 40.2 Å². The summed E-state index contributed by atoms with van der Waals surface area (Å²) in [5.74, 6) is -2.02. The maximum Gasteiger partial charge on any atom is 0.321 e. The zero-order valence-electron chi connectivity index (χ0n) is 13.9. The second-order valence-corrected chi connectivity index (χ2v) is 7.99. The van der Waals surface area contributed by atoms with Crippen molar-refractivity contribution in [1.82, 2.24) is 10.0 Å². The zero-order chi connectivity index (χ0) is 19.9. The molecule has 2 rings (SSSR count). The lowest BCUT2D eigenvalue weighted by Gasteiger charge is -2.09. The molecule has 0 unspecified atom stereocenters. The summed E-state index contributed by atoms with van der Waals surface area (Å²) in [5, 5.41) is 2.40. The number of carbonyl (C=O) groups excluding carboxylic acids is 2. The molecule has 0 saturated carbocycles. The van der Waals surface area contributed by atoms with Crippen molar-refractivity contribution in [1.29, 1.82) is 0 Å². The van der Waals surface area contributed by atoms with Crippen LogP contribution in [-0.4, -0.2) is 33.4 Å². The fourth-order valence-corrected chi connectivity index (χ4v) is 3.52. The molecule has 0 radical (unpaired) electrons. The van der Waals surface area contributed by atoms with E-state index < -0.39 is 40.9 Å². The minimum Gasteiger partial charge on any atom is -0.455 e. The normalized spacial score (nSPS) is 11.0. The summed E-state index contributed by atoms with van der Waals surface area (Å²) in [6, 6.07) is 11.9. The standard InChI is InChI=1S/C17H16BrFN2O5S/c18-13-5-3-6-14(8-13)27(24,25)21-10-17(23)26-11-16(22)20-9-12-4-1-2-7-15(12)19/h1-8,21H,9-11H2,(H,20,22). The highest BCUT2D eigenvalue weighted by Gasteiger charge is 2.17. The van der Waals surface area contributed by atoms with Gasteiger partial charge in [-0.25, -0.2) is 12.8 Å². The lowest BCUT2D eigenvalue weighted by molar-refractivity contribution is -0.147. The van der Waals surface area contributed by atoms with E-state index in [2.05, 4.69) is 26.0 Å². The second kappa shape index (κ2) is 9.58. The van der Waals surface area contributed by atoms with Gasteiger partial charge in [0.1, 0.15) is 12.4 Å². The van der Waals surface area contributed by atoms with Crippen molar-refractivity contribution in [3.63, 3.8) is 0 Å². The molecule has 0 saturated heterocycles. The molecule has 0 spiro atoms. The summed E-state index contributed by atoms with van der Waals surface area (Å²) in [4.78, 5) is 23.2. The van der Waals surface area contributed by atoms with Gasteiger partial charge in [-0.15, -0.1) is 0 Å². The molecule has 1 amide bonds. The number of sulfonamides is 1. The smallest absolute Gasteiger partial charge is 0.321 e. The Morgan fingerprint density at radius 1 is 1.11 bits per heavy atom. The molecule has 0 fully saturated rings. The Labute approximate surface area is 164 Å². The minimum atomic E-state index is -3.89. The Morgan fingerprint density at radius 3 is 2.56 bits per heavy atom. The van der Waals surface area contributed by atoms with Gasteiger partial charge in [-0.3, -0.25) is 9.59 Å². The number of hydrogen-bond donors (Lipinski definition) is 2. The van der Waals surface area contributed by atoms with Crippen molar-refractivity contribution in [2.45, 2.75) is 11.4 Å². The number of benzene rings is 2. The van der Waals surface area contributed by atoms with Crippen molar-refractivity contribution in [2.75, 3.05) is 13.2 Å². The Balaban J connectivity index is 1.75. The predicted molar refractivity (Wildman–Crippen MR) is 98.5 cm³/mol. The molecule has 0 aliphatic carbocycles. The van der Waals surface area contributed by atoms with Gasteiger partial charge in [-0.05, 0) is 24.3 Å². The van der Waals surface area contributed by atoms with Gasteiger partial charge in [0.25, 0.3) is 5.91 Å². The van der Waals surface area contributed by atoms with E-state index in [1.807, 2.05) is 0 Å². The van der Waals surface area contributed by atoms with Gasteiger partial charge in [0.2, 0.25) is 10.0 Å². The first kappa shape index (κ1) is 21.0. The first-order valence-electron chi connectivity index (χ1n) is 7.69. The van der Waals surface area contributed by atoms with Crippen LogP contribution in [0.3, 0.4) is 0 Å². The van der Waals surface area contributed by atoms with Gasteiger partial charge in [0.15, 0.2) is 6.61 Å². The molecule has 10 heteroatoms. The highest BCUT2D eigenvalue weighted by Crippen LogP contribution is 2.15. The van der Waals surface area contributed by atoms with E-state index in [0.717, 1.165) is 0 Å². The van der Waals surface area contributed by atoms with Gasteiger partial charge >= 0.3 is 5.97 Å². The minimum absolute atomic E-state index is 0.0210. The van der Waals surface area contributed by atoms with Crippen LogP contribution in [0.25, 0.3) is 0 Å². The largest absolute Gasteiger partial charge is 0.455 e. The van der Waals surface area contributed by atoms with E-state index in [0.29, 0.717) is 10.0 Å². The summed E-state index contributed by atoms with van der Waals surface area (Å²) < 4.78 is 44.9. The quantitative estimate of drug-likeness (QED) is 0.586. The summed E-state index contributed by atoms with van der Waals surface area (Å²) in [7, 11) is -3.89. The number of hydrogen-bond acceptors (Lipinski definition) is 5. The fourth-order valence-electron chi connectivity index (χ4n) is 1.96. The maximum absolute atomic E-state index is 13.4. The zero-order valence-corrected chi connectivity index (χ0v) is 16.3. The molecule has 0 aliphatic rings. The molecule has 0 bridgehead atoms. The molecule has 7 nitrogen and oxygen atoms in total. The molecule has 0 aliphatic heterocycles. The van der Waals surface area contributed by atoms with Crippen LogP contribution in [0.2, 0.25) is 0 Å². The second-order valence-electron chi connectivity index (χ2n) is 5.31. The molecule has 0 atom stereocenters. The molecule has 0 aromatic heterocycles. The number of esters is 1. The third-order valence-corrected chi connectivity index (χ3v) is 5.20. The van der Waals surface area contributed by atoms with Crippen molar-refractivity contribution < 1.29 is 27.1 Å². The number of rotatable bonds is 8. The third kappa shape index (κ3) is 6.74. The Bertz CT molecular complexity index is 936. The highest BCUT2D eigenvalue weighted by molar-refractivity contribution is 9.10. The lowest BCUT2D eigenvalue weighted by atomic mass is 10.2. The predicted octanol–water partition coefficient (Wildman–Crippen LogP) is 1.73. The SMILES string of the molecule is O=C(COC(=O)CNS(=O)(=O)c1cccc(Br)c1)NCc1ccccc1F. The van der Waals surface area contributed by atoms with E-state index in [9.17, 15) is 22.4 Å². The first-order chi connectivity index (χ1) is 12.8. The summed E-state index contributed by atoms with van der Waals surface area (Å²) in [6.45, 7) is -1.29. The molecule has 2 aromatic carbocycles. The maximum atomic E-state index is 13.4. The molecule has 2 N–H and O–H groups in total. The van der Waals surface area contributed by atoms with Gasteiger partial charge < -0.3 is 10.1 Å². The average Bonchev–Trinajstić information content (AvgIpc) is 2.64. The number of nitrogens with one attached hydrogen (secondary N) is 2. The number of amides is 1. The van der Waals surface area contributed by atoms with Gasteiger partial charge in [0, 0.05) is 16.6 Å². The van der Waals surface area contributed by atoms with E-state index in [1.165, 1.54) is 36.4 Å².